The van der Waals surface area contributed by atoms with Gasteiger partial charge in [-0.15, -0.1) is 0 Å². The van der Waals surface area contributed by atoms with Crippen LogP contribution in [0.15, 0.2) is 53.7 Å². The van der Waals surface area contributed by atoms with Crippen LogP contribution in [0, 0.1) is 13.8 Å². The quantitative estimate of drug-likeness (QED) is 0.693. The molecular formula is C19H19N3OS. The van der Waals surface area contributed by atoms with Crippen LogP contribution in [0.2, 0.25) is 0 Å². The van der Waals surface area contributed by atoms with Crippen LogP contribution in [-0.2, 0) is 4.79 Å². The van der Waals surface area contributed by atoms with Crippen molar-refractivity contribution >= 4 is 17.7 Å². The standard InChI is InChI=1S/C19H19N3OS/c1-12-3-7-14(8-4-12)17-18(15-9-5-13(2)6-10-15)22-19(21-17)24-11-16(20)23/h3-10H,11H2,1-2H3,(H2,20,23)(H,21,22). The maximum Gasteiger partial charge on any atom is 0.227 e. The first-order chi connectivity index (χ1) is 11.5. The molecule has 0 aliphatic carbocycles. The zero-order chi connectivity index (χ0) is 17.1. The van der Waals surface area contributed by atoms with Gasteiger partial charge in [0.1, 0.15) is 0 Å². The highest BCUT2D eigenvalue weighted by Gasteiger charge is 2.15. The summed E-state index contributed by atoms with van der Waals surface area (Å²) in [5.74, 6) is -0.154. The number of thioether (sulfide) groups is 1. The highest BCUT2D eigenvalue weighted by Crippen LogP contribution is 2.32. The predicted octanol–water partition coefficient (Wildman–Crippen LogP) is 3.94. The number of hydrogen-bond donors (Lipinski definition) is 2. The van der Waals surface area contributed by atoms with Crippen molar-refractivity contribution in [3.8, 4) is 22.5 Å². The Balaban J connectivity index is 2.05. The summed E-state index contributed by atoms with van der Waals surface area (Å²) >= 11 is 1.32. The van der Waals surface area contributed by atoms with Crippen LogP contribution in [0.5, 0.6) is 0 Å². The monoisotopic (exact) mass is 337 g/mol. The fraction of sp³-hybridized carbons (Fsp3) is 0.158. The first kappa shape index (κ1) is 16.3. The van der Waals surface area contributed by atoms with Gasteiger partial charge in [-0.1, -0.05) is 71.4 Å². The minimum atomic E-state index is -0.356. The van der Waals surface area contributed by atoms with Crippen LogP contribution in [0.1, 0.15) is 11.1 Å². The molecule has 4 nitrogen and oxygen atoms in total. The first-order valence-electron chi connectivity index (χ1n) is 7.68. The Morgan fingerprint density at radius 1 is 1.00 bits per heavy atom. The lowest BCUT2D eigenvalue weighted by molar-refractivity contribution is -0.115. The van der Waals surface area contributed by atoms with Gasteiger partial charge >= 0.3 is 0 Å². The van der Waals surface area contributed by atoms with E-state index < -0.39 is 0 Å². The van der Waals surface area contributed by atoms with Gasteiger partial charge in [0.25, 0.3) is 0 Å². The zero-order valence-corrected chi connectivity index (χ0v) is 14.5. The summed E-state index contributed by atoms with van der Waals surface area (Å²) < 4.78 is 0. The Morgan fingerprint density at radius 2 is 1.54 bits per heavy atom. The first-order valence-corrected chi connectivity index (χ1v) is 8.66. The fourth-order valence-electron chi connectivity index (χ4n) is 2.41. The number of hydrogen-bond acceptors (Lipinski definition) is 3. The number of carbonyl (C=O) groups is 1. The van der Waals surface area contributed by atoms with E-state index in [0.29, 0.717) is 5.16 Å². The molecule has 0 unspecified atom stereocenters. The molecule has 0 fully saturated rings. The number of rotatable bonds is 5. The van der Waals surface area contributed by atoms with Gasteiger partial charge in [0.15, 0.2) is 5.16 Å². The summed E-state index contributed by atoms with van der Waals surface area (Å²) in [4.78, 5) is 19.0. The maximum atomic E-state index is 11.0. The van der Waals surface area contributed by atoms with E-state index in [1.165, 1.54) is 22.9 Å². The minimum absolute atomic E-state index is 0.203. The lowest BCUT2D eigenvalue weighted by atomic mass is 10.0. The van der Waals surface area contributed by atoms with Crippen molar-refractivity contribution in [2.45, 2.75) is 19.0 Å². The van der Waals surface area contributed by atoms with E-state index in [-0.39, 0.29) is 11.7 Å². The van der Waals surface area contributed by atoms with E-state index in [4.69, 9.17) is 5.73 Å². The van der Waals surface area contributed by atoms with Crippen molar-refractivity contribution in [2.24, 2.45) is 5.73 Å². The van der Waals surface area contributed by atoms with Crippen LogP contribution in [0.3, 0.4) is 0 Å². The van der Waals surface area contributed by atoms with E-state index in [9.17, 15) is 4.79 Å². The van der Waals surface area contributed by atoms with E-state index in [2.05, 4.69) is 72.3 Å². The third-order valence-corrected chi connectivity index (χ3v) is 4.59. The van der Waals surface area contributed by atoms with Crippen molar-refractivity contribution < 1.29 is 4.79 Å². The maximum absolute atomic E-state index is 11.0. The molecule has 0 saturated heterocycles. The van der Waals surface area contributed by atoms with Gasteiger partial charge < -0.3 is 10.7 Å². The smallest absolute Gasteiger partial charge is 0.227 e. The molecular weight excluding hydrogens is 318 g/mol. The molecule has 2 aromatic carbocycles. The normalized spacial score (nSPS) is 10.8. The second-order valence-electron chi connectivity index (χ2n) is 5.75. The van der Waals surface area contributed by atoms with Crippen LogP contribution in [-0.4, -0.2) is 21.6 Å². The molecule has 122 valence electrons. The van der Waals surface area contributed by atoms with Crippen LogP contribution < -0.4 is 5.73 Å². The van der Waals surface area contributed by atoms with Gasteiger partial charge in [-0.25, -0.2) is 4.98 Å². The highest BCUT2D eigenvalue weighted by atomic mass is 32.2. The Labute approximate surface area is 145 Å². The van der Waals surface area contributed by atoms with Gasteiger partial charge in [0.2, 0.25) is 5.91 Å². The van der Waals surface area contributed by atoms with E-state index in [0.717, 1.165) is 22.5 Å². The molecule has 1 heterocycles. The molecule has 3 rings (SSSR count). The van der Waals surface area contributed by atoms with E-state index in [1.807, 2.05) is 0 Å². The van der Waals surface area contributed by atoms with E-state index in [1.54, 1.807) is 0 Å². The molecule has 3 N–H and O–H groups in total. The fourth-order valence-corrected chi connectivity index (χ4v) is 3.02. The van der Waals surface area contributed by atoms with Gasteiger partial charge in [0.05, 0.1) is 17.1 Å². The van der Waals surface area contributed by atoms with Crippen LogP contribution in [0.4, 0.5) is 0 Å². The summed E-state index contributed by atoms with van der Waals surface area (Å²) in [6, 6.07) is 16.6. The Hall–Kier alpha value is -2.53. The molecule has 1 aromatic heterocycles. The number of nitrogens with zero attached hydrogens (tertiary/aromatic N) is 1. The number of aromatic amines is 1. The van der Waals surface area contributed by atoms with Crippen LogP contribution in [0.25, 0.3) is 22.5 Å². The second kappa shape index (κ2) is 6.93. The van der Waals surface area contributed by atoms with Gasteiger partial charge in [-0.05, 0) is 13.8 Å². The third kappa shape index (κ3) is 3.68. The van der Waals surface area contributed by atoms with Crippen molar-refractivity contribution in [2.75, 3.05) is 5.75 Å². The Bertz CT molecular complexity index is 788. The molecule has 1 amide bonds. The minimum Gasteiger partial charge on any atom is -0.369 e. The molecule has 5 heteroatoms. The number of carbonyl (C=O) groups excluding carboxylic acids is 1. The van der Waals surface area contributed by atoms with Gasteiger partial charge in [0, 0.05) is 11.1 Å². The number of imidazole rings is 1. The van der Waals surface area contributed by atoms with Gasteiger partial charge in [-0.3, -0.25) is 4.79 Å². The molecule has 0 atom stereocenters. The molecule has 0 spiro atoms. The zero-order valence-electron chi connectivity index (χ0n) is 13.7. The summed E-state index contributed by atoms with van der Waals surface area (Å²) in [6.45, 7) is 4.12. The van der Waals surface area contributed by atoms with Crippen molar-refractivity contribution in [3.05, 3.63) is 59.7 Å². The number of H-pyrrole nitrogens is 1. The second-order valence-corrected chi connectivity index (χ2v) is 6.72. The average molecular weight is 337 g/mol. The SMILES string of the molecule is Cc1ccc(-c2nc(SCC(N)=O)[nH]c2-c2ccc(C)cc2)cc1. The summed E-state index contributed by atoms with van der Waals surface area (Å²) in [6.07, 6.45) is 0. The molecule has 3 aromatic rings. The topological polar surface area (TPSA) is 71.8 Å². The molecule has 0 aliphatic rings. The van der Waals surface area contributed by atoms with Gasteiger partial charge in [-0.2, -0.15) is 0 Å². The number of aromatic nitrogens is 2. The Kier molecular flexibility index (Phi) is 4.71. The summed E-state index contributed by atoms with van der Waals surface area (Å²) in [5, 5.41) is 0.694. The number of nitrogens with two attached hydrogens (primary N) is 1. The van der Waals surface area contributed by atoms with Crippen molar-refractivity contribution in [1.82, 2.24) is 9.97 Å². The summed E-state index contributed by atoms with van der Waals surface area (Å²) in [7, 11) is 0. The molecule has 24 heavy (non-hydrogen) atoms. The average Bonchev–Trinajstić information content (AvgIpc) is 2.98. The highest BCUT2D eigenvalue weighted by molar-refractivity contribution is 7.99. The van der Waals surface area contributed by atoms with Crippen molar-refractivity contribution in [3.63, 3.8) is 0 Å². The number of amides is 1. The predicted molar refractivity (Wildman–Crippen MR) is 98.9 cm³/mol. The Morgan fingerprint density at radius 3 is 2.08 bits per heavy atom. The van der Waals surface area contributed by atoms with Crippen molar-refractivity contribution in [1.29, 1.82) is 0 Å². The largest absolute Gasteiger partial charge is 0.369 e. The lowest BCUT2D eigenvalue weighted by Gasteiger charge is -2.04. The molecule has 0 radical (unpaired) electrons. The molecule has 0 saturated carbocycles. The van der Waals surface area contributed by atoms with E-state index >= 15 is 0 Å². The number of benzene rings is 2. The molecule has 0 aliphatic heterocycles. The summed E-state index contributed by atoms with van der Waals surface area (Å²) in [5.41, 5.74) is 11.6. The van der Waals surface area contributed by atoms with Crippen LogP contribution >= 0.6 is 11.8 Å². The number of aryl methyl sites for hydroxylation is 2. The third-order valence-electron chi connectivity index (χ3n) is 3.70. The number of nitrogens with one attached hydrogen (secondary N) is 1. The molecule has 0 bridgehead atoms. The number of primary amides is 1. The lowest BCUT2D eigenvalue weighted by Crippen LogP contribution is -2.13.